The van der Waals surface area contributed by atoms with Crippen molar-refractivity contribution in [3.63, 3.8) is 0 Å². The van der Waals surface area contributed by atoms with E-state index in [2.05, 4.69) is 163 Å². The molecule has 6 aliphatic rings. The van der Waals surface area contributed by atoms with Gasteiger partial charge in [-0.05, 0) is 189 Å². The largest absolute Gasteiger partial charge is 0.450 e. The second-order valence-corrected chi connectivity index (χ2v) is 33.9. The number of hydrogen-bond donors (Lipinski definition) is 3. The molecule has 12 aromatic heterocycles. The van der Waals surface area contributed by atoms with Gasteiger partial charge in [-0.3, -0.25) is 19.0 Å². The van der Waals surface area contributed by atoms with E-state index in [-0.39, 0.29) is 0 Å². The lowest BCUT2D eigenvalue weighted by atomic mass is 9.89. The minimum atomic E-state index is -0.489. The molecule has 6 aliphatic carbocycles. The Hall–Kier alpha value is -9.83. The van der Waals surface area contributed by atoms with Crippen LogP contribution >= 0.6 is 0 Å². The molecule has 29 nitrogen and oxygen atoms in total. The smallest absolute Gasteiger partial charge is 0.413 e. The van der Waals surface area contributed by atoms with Gasteiger partial charge in [-0.1, -0.05) is 122 Å². The number of ether oxygens (including phenoxy) is 1. The van der Waals surface area contributed by atoms with Gasteiger partial charge in [-0.25, -0.2) is 94.5 Å². The van der Waals surface area contributed by atoms with Crippen molar-refractivity contribution in [1.29, 1.82) is 0 Å². The zero-order valence-electron chi connectivity index (χ0n) is 72.8. The first-order chi connectivity index (χ1) is 57.5. The third kappa shape index (κ3) is 22.8. The molecule has 3 N–H and O–H groups in total. The molecule has 0 spiro atoms. The number of imidazole rings is 6. The maximum absolute atomic E-state index is 11.8. The Morgan fingerprint density at radius 1 is 0.305 bits per heavy atom. The molecule has 634 valence electrons. The van der Waals surface area contributed by atoms with E-state index in [4.69, 9.17) is 4.74 Å². The van der Waals surface area contributed by atoms with Gasteiger partial charge in [-0.15, -0.1) is 0 Å². The fourth-order valence-electron chi connectivity index (χ4n) is 18.4. The van der Waals surface area contributed by atoms with Crippen LogP contribution in [-0.2, 0) is 50.4 Å². The van der Waals surface area contributed by atoms with Crippen LogP contribution in [0.5, 0.6) is 0 Å². The van der Waals surface area contributed by atoms with Crippen LogP contribution in [0.1, 0.15) is 273 Å². The van der Waals surface area contributed by atoms with Crippen LogP contribution in [0, 0.1) is 90.9 Å². The maximum Gasteiger partial charge on any atom is 0.413 e. The Kier molecular flexibility index (Phi) is 30.8. The number of rotatable bonds is 19. The van der Waals surface area contributed by atoms with Crippen molar-refractivity contribution in [2.24, 2.45) is 35.5 Å². The van der Waals surface area contributed by atoms with Crippen molar-refractivity contribution in [3.8, 4) is 0 Å². The SMILES string of the molecule is CCNc1nc2cnc(C)nc2n1CC1CCCCC1.CCNc1nc2cnc(C)nc2n1CC1CCCCC1.CCOC(=O)Nc1nc2cnc(C)nc2n1CC1CCCCC1.CCc1nc2cnc(C)nc2n1CC1CCCCC1.Cc1ncc2nc(C)n(CC3CCCCC3)c2n1.Cc1ncc2nc(C)n(CC3CCCCC3)c2n1. The molecule has 0 bridgehead atoms. The van der Waals surface area contributed by atoms with Gasteiger partial charge in [0.2, 0.25) is 17.8 Å². The van der Waals surface area contributed by atoms with Gasteiger partial charge in [0.25, 0.3) is 0 Å². The highest BCUT2D eigenvalue weighted by atomic mass is 16.5. The highest BCUT2D eigenvalue weighted by Gasteiger charge is 2.27. The average Bonchev–Trinajstić information content (AvgIpc) is 1.65. The lowest BCUT2D eigenvalue weighted by molar-refractivity contribution is 0.167. The number of carbonyl (C=O) groups excluding carboxylic acids is 1. The maximum atomic E-state index is 11.8. The van der Waals surface area contributed by atoms with Crippen LogP contribution < -0.4 is 16.0 Å². The normalized spacial score (nSPS) is 16.8. The number of carbonyl (C=O) groups is 1. The number of nitrogens with one attached hydrogen (secondary N) is 3. The van der Waals surface area contributed by atoms with Crippen LogP contribution in [-0.4, -0.2) is 143 Å². The summed E-state index contributed by atoms with van der Waals surface area (Å²) in [5.74, 6) is 15.0. The molecule has 12 heterocycles. The van der Waals surface area contributed by atoms with E-state index in [0.29, 0.717) is 29.8 Å². The van der Waals surface area contributed by atoms with E-state index in [9.17, 15) is 4.79 Å². The van der Waals surface area contributed by atoms with Crippen LogP contribution in [0.3, 0.4) is 0 Å². The molecule has 12 aromatic rings. The van der Waals surface area contributed by atoms with Gasteiger partial charge in [0, 0.05) is 58.8 Å². The van der Waals surface area contributed by atoms with E-state index >= 15 is 0 Å². The molecule has 29 heteroatoms. The van der Waals surface area contributed by atoms with Crippen molar-refractivity contribution in [2.45, 2.75) is 321 Å². The molecule has 0 aromatic carbocycles. The molecular formula is C89H131N27O2. The molecule has 0 atom stereocenters. The minimum Gasteiger partial charge on any atom is -0.450 e. The lowest BCUT2D eigenvalue weighted by Gasteiger charge is -2.23. The predicted molar refractivity (Wildman–Crippen MR) is 468 cm³/mol. The molecule has 6 fully saturated rings. The molecule has 118 heavy (non-hydrogen) atoms. The molecule has 0 radical (unpaired) electrons. The molecule has 1 amide bonds. The van der Waals surface area contributed by atoms with E-state index in [1.807, 2.05) is 77.1 Å². The summed E-state index contributed by atoms with van der Waals surface area (Å²) in [6.45, 7) is 32.0. The van der Waals surface area contributed by atoms with Crippen molar-refractivity contribution in [3.05, 3.63) is 89.6 Å². The Bertz CT molecular complexity index is 4980. The molecular weight excluding hydrogens is 1480 g/mol. The van der Waals surface area contributed by atoms with Crippen LogP contribution in [0.15, 0.2) is 37.2 Å². The summed E-state index contributed by atoms with van der Waals surface area (Å²) in [7, 11) is 0. The number of aromatic nitrogens is 24. The van der Waals surface area contributed by atoms with Crippen LogP contribution in [0.2, 0.25) is 0 Å². The zero-order chi connectivity index (χ0) is 82.4. The van der Waals surface area contributed by atoms with Crippen LogP contribution in [0.4, 0.5) is 22.6 Å². The lowest BCUT2D eigenvalue weighted by Crippen LogP contribution is -2.20. The first-order valence-electron chi connectivity index (χ1n) is 45.0. The number of amides is 1. The second-order valence-electron chi connectivity index (χ2n) is 33.9. The topological polar surface area (TPSA) is 324 Å². The zero-order valence-corrected chi connectivity index (χ0v) is 72.8. The Balaban J connectivity index is 0.000000123. The molecule has 6 saturated carbocycles. The Labute approximate surface area is 696 Å². The summed E-state index contributed by atoms with van der Waals surface area (Å²) in [4.78, 5) is 92.1. The fourth-order valence-corrected chi connectivity index (χ4v) is 18.4. The van der Waals surface area contributed by atoms with Gasteiger partial charge in [0.05, 0.1) is 43.8 Å². The number of nitrogens with zero attached hydrogens (tertiary/aromatic N) is 24. The fraction of sp³-hybridized carbons (Fsp3) is 0.652. The predicted octanol–water partition coefficient (Wildman–Crippen LogP) is 18.9. The first-order valence-corrected chi connectivity index (χ1v) is 45.0. The van der Waals surface area contributed by atoms with Crippen molar-refractivity contribution < 1.29 is 9.53 Å². The first kappa shape index (κ1) is 86.0. The third-order valence-corrected chi connectivity index (χ3v) is 24.6. The molecule has 0 unspecified atom stereocenters. The molecule has 0 aliphatic heterocycles. The summed E-state index contributed by atoms with van der Waals surface area (Å²) < 4.78 is 18.4. The standard InChI is InChI=1S/C16H23N5O2.2C15H23N5.C15H22N4.2C14H20N4/c1-3-23-16(22)20-15-19-13-9-17-11(2)18-14(13)21(15)10-12-7-5-4-6-8-12;2*1-3-16-15-19-13-9-17-11(2)18-14(13)20(15)10-12-7-5-4-6-8-12;1-3-14-18-13-9-16-11(2)17-15(13)19(14)10-12-7-5-4-6-8-12;2*1-10-15-8-13-14(16-10)18(11(2)17-13)9-12-6-4-3-5-7-12/h9,12H,3-8,10H2,1-2H3,(H,19,20,22);2*9,12H,3-8,10H2,1-2H3,(H,16,19);9,12H,3-8,10H2,1-2H3;2*8,12H,3-7,9H2,1-2H3. The summed E-state index contributed by atoms with van der Waals surface area (Å²) >= 11 is 0. The monoisotopic (exact) mass is 1610 g/mol. The Morgan fingerprint density at radius 2 is 0.542 bits per heavy atom. The summed E-state index contributed by atoms with van der Waals surface area (Å²) in [5, 5.41) is 9.45. The van der Waals surface area contributed by atoms with Crippen molar-refractivity contribution >= 4 is 90.9 Å². The quantitative estimate of drug-likeness (QED) is 0.0677. The third-order valence-electron chi connectivity index (χ3n) is 24.6. The van der Waals surface area contributed by atoms with Gasteiger partial charge in [0.15, 0.2) is 33.9 Å². The van der Waals surface area contributed by atoms with Gasteiger partial charge in [-0.2, -0.15) is 0 Å². The molecule has 18 rings (SSSR count). The number of anilines is 3. The van der Waals surface area contributed by atoms with Crippen LogP contribution in [0.25, 0.3) is 67.0 Å². The Morgan fingerprint density at radius 3 is 0.822 bits per heavy atom. The highest BCUT2D eigenvalue weighted by Crippen LogP contribution is 2.35. The summed E-state index contributed by atoms with van der Waals surface area (Å²) in [6.07, 6.45) is 51.8. The highest BCUT2D eigenvalue weighted by molar-refractivity contribution is 5.86. The summed E-state index contributed by atoms with van der Waals surface area (Å²) in [6, 6.07) is 0. The average molecular weight is 1610 g/mol. The van der Waals surface area contributed by atoms with Gasteiger partial charge >= 0.3 is 6.09 Å². The second kappa shape index (κ2) is 42.2. The number of hydrogen-bond acceptors (Lipinski definition) is 22. The van der Waals surface area contributed by atoms with Crippen molar-refractivity contribution in [1.82, 2.24) is 117 Å². The van der Waals surface area contributed by atoms with Crippen molar-refractivity contribution in [2.75, 3.05) is 35.6 Å². The number of fused-ring (bicyclic) bond motifs is 6. The summed E-state index contributed by atoms with van der Waals surface area (Å²) in [5.41, 5.74) is 11.0. The van der Waals surface area contributed by atoms with E-state index in [1.54, 1.807) is 13.1 Å². The van der Waals surface area contributed by atoms with E-state index in [0.717, 1.165) is 208 Å². The van der Waals surface area contributed by atoms with E-state index < -0.39 is 6.09 Å². The minimum absolute atomic E-state index is 0.327. The van der Waals surface area contributed by atoms with Gasteiger partial charge < -0.3 is 29.1 Å². The number of aryl methyl sites for hydroxylation is 9. The van der Waals surface area contributed by atoms with E-state index in [1.165, 1.54) is 193 Å². The molecule has 0 saturated heterocycles. The van der Waals surface area contributed by atoms with Gasteiger partial charge in [0.1, 0.15) is 85.5 Å².